The Balaban J connectivity index is 2.71. The summed E-state index contributed by atoms with van der Waals surface area (Å²) in [5, 5.41) is 9.32. The van der Waals surface area contributed by atoms with E-state index in [4.69, 9.17) is 5.26 Å². The quantitative estimate of drug-likeness (QED) is 0.653. The molecule has 1 heterocycles. The first kappa shape index (κ1) is 7.16. The van der Waals surface area contributed by atoms with Gasteiger partial charge in [0.25, 0.3) is 0 Å². The minimum absolute atomic E-state index is 0.385. The van der Waals surface area contributed by atoms with Gasteiger partial charge in [0, 0.05) is 0 Å². The Bertz CT molecular complexity index is 248. The molecule has 0 radical (unpaired) electrons. The van der Waals surface area contributed by atoms with E-state index in [0.717, 1.165) is 10.8 Å². The molecule has 0 aromatic carbocycles. The fraction of sp³-hybridized carbons (Fsp3) is 0.333. The van der Waals surface area contributed by atoms with Crippen molar-refractivity contribution >= 4 is 11.8 Å². The highest BCUT2D eigenvalue weighted by Gasteiger charge is 1.96. The maximum Gasteiger partial charge on any atom is 0.210 e. The number of nitrogens with zero attached hydrogens (tertiary/aromatic N) is 2. The molecular formula is C6H7N3S. The van der Waals surface area contributed by atoms with Gasteiger partial charge >= 0.3 is 0 Å². The lowest BCUT2D eigenvalue weighted by Crippen LogP contribution is -1.74. The van der Waals surface area contributed by atoms with E-state index in [-0.39, 0.29) is 0 Å². The van der Waals surface area contributed by atoms with Gasteiger partial charge in [-0.25, -0.2) is 4.98 Å². The van der Waals surface area contributed by atoms with Gasteiger partial charge in [-0.3, -0.25) is 0 Å². The van der Waals surface area contributed by atoms with Crippen LogP contribution in [0.3, 0.4) is 0 Å². The maximum absolute atomic E-state index is 8.37. The van der Waals surface area contributed by atoms with Crippen LogP contribution in [0.5, 0.6) is 0 Å². The van der Waals surface area contributed by atoms with E-state index < -0.39 is 0 Å². The standard InChI is InChI=1S/C6H7N3S/c1-2-10-6-4-8-5(3-7)9-6/h4H,2H2,1H3,(H,8,9). The monoisotopic (exact) mass is 153 g/mol. The van der Waals surface area contributed by atoms with Gasteiger partial charge in [-0.2, -0.15) is 5.26 Å². The molecular weight excluding hydrogens is 146 g/mol. The first-order chi connectivity index (χ1) is 4.86. The molecule has 3 nitrogen and oxygen atoms in total. The Kier molecular flexibility index (Phi) is 2.35. The van der Waals surface area contributed by atoms with Crippen molar-refractivity contribution < 1.29 is 0 Å². The van der Waals surface area contributed by atoms with Gasteiger partial charge in [-0.05, 0) is 5.75 Å². The molecule has 0 amide bonds. The van der Waals surface area contributed by atoms with Crippen LogP contribution >= 0.6 is 11.8 Å². The summed E-state index contributed by atoms with van der Waals surface area (Å²) in [7, 11) is 0. The highest BCUT2D eigenvalue weighted by atomic mass is 32.2. The SMILES string of the molecule is CCSc1cnc(C#N)[nH]1. The molecule has 0 atom stereocenters. The normalized spacial score (nSPS) is 9.20. The first-order valence-electron chi connectivity index (χ1n) is 2.94. The number of hydrogen-bond donors (Lipinski definition) is 1. The van der Waals surface area contributed by atoms with Gasteiger partial charge in [-0.15, -0.1) is 11.8 Å². The zero-order chi connectivity index (χ0) is 7.40. The molecule has 1 rings (SSSR count). The fourth-order valence-corrected chi connectivity index (χ4v) is 1.20. The van der Waals surface area contributed by atoms with Gasteiger partial charge in [0.1, 0.15) is 6.07 Å². The number of aromatic amines is 1. The summed E-state index contributed by atoms with van der Waals surface area (Å²) in [5.41, 5.74) is 0. The minimum atomic E-state index is 0.385. The van der Waals surface area contributed by atoms with Crippen molar-refractivity contribution in [2.45, 2.75) is 11.9 Å². The number of hydrogen-bond acceptors (Lipinski definition) is 3. The Hall–Kier alpha value is -0.950. The van der Waals surface area contributed by atoms with Crippen LogP contribution in [0.1, 0.15) is 12.7 Å². The van der Waals surface area contributed by atoms with Crippen LogP contribution in [0.4, 0.5) is 0 Å². The molecule has 52 valence electrons. The van der Waals surface area contributed by atoms with Crippen LogP contribution in [0.2, 0.25) is 0 Å². The van der Waals surface area contributed by atoms with E-state index in [2.05, 4.69) is 16.9 Å². The molecule has 1 aromatic heterocycles. The zero-order valence-electron chi connectivity index (χ0n) is 5.59. The van der Waals surface area contributed by atoms with Gasteiger partial charge in [0.15, 0.2) is 0 Å². The number of nitrogens with one attached hydrogen (secondary N) is 1. The fourth-order valence-electron chi connectivity index (χ4n) is 0.590. The van der Waals surface area contributed by atoms with E-state index in [9.17, 15) is 0 Å². The van der Waals surface area contributed by atoms with E-state index in [1.807, 2.05) is 6.07 Å². The third-order valence-corrected chi connectivity index (χ3v) is 1.77. The summed E-state index contributed by atoms with van der Waals surface area (Å²) in [4.78, 5) is 6.67. The van der Waals surface area contributed by atoms with Gasteiger partial charge in [0.05, 0.1) is 11.2 Å². The molecule has 1 N–H and O–H groups in total. The van der Waals surface area contributed by atoms with E-state index in [1.165, 1.54) is 0 Å². The van der Waals surface area contributed by atoms with E-state index in [1.54, 1.807) is 18.0 Å². The minimum Gasteiger partial charge on any atom is -0.325 e. The van der Waals surface area contributed by atoms with Gasteiger partial charge in [0.2, 0.25) is 5.82 Å². The number of imidazole rings is 1. The number of H-pyrrole nitrogens is 1. The topological polar surface area (TPSA) is 52.5 Å². The molecule has 1 aromatic rings. The molecule has 0 aliphatic rings. The average molecular weight is 153 g/mol. The van der Waals surface area contributed by atoms with Gasteiger partial charge in [-0.1, -0.05) is 6.92 Å². The molecule has 0 fully saturated rings. The van der Waals surface area contributed by atoms with Crippen molar-refractivity contribution in [1.82, 2.24) is 9.97 Å². The number of rotatable bonds is 2. The molecule has 0 saturated carbocycles. The number of thioether (sulfide) groups is 1. The van der Waals surface area contributed by atoms with Crippen LogP contribution in [0.15, 0.2) is 11.2 Å². The lowest BCUT2D eigenvalue weighted by molar-refractivity contribution is 1.16. The van der Waals surface area contributed by atoms with Gasteiger partial charge < -0.3 is 4.98 Å². The first-order valence-corrected chi connectivity index (χ1v) is 3.93. The second kappa shape index (κ2) is 3.28. The zero-order valence-corrected chi connectivity index (χ0v) is 6.40. The molecule has 0 aliphatic heterocycles. The smallest absolute Gasteiger partial charge is 0.210 e. The summed E-state index contributed by atoms with van der Waals surface area (Å²) in [6, 6.07) is 1.93. The lowest BCUT2D eigenvalue weighted by atomic mass is 10.7. The predicted octanol–water partition coefficient (Wildman–Crippen LogP) is 1.39. The van der Waals surface area contributed by atoms with Crippen molar-refractivity contribution in [3.05, 3.63) is 12.0 Å². The summed E-state index contributed by atoms with van der Waals surface area (Å²) in [5.74, 6) is 1.38. The Morgan fingerprint density at radius 1 is 1.90 bits per heavy atom. The highest BCUT2D eigenvalue weighted by Crippen LogP contribution is 2.13. The molecule has 4 heteroatoms. The second-order valence-electron chi connectivity index (χ2n) is 1.64. The van der Waals surface area contributed by atoms with Crippen LogP contribution in [0, 0.1) is 11.3 Å². The maximum atomic E-state index is 8.37. The van der Waals surface area contributed by atoms with E-state index in [0.29, 0.717) is 5.82 Å². The Labute approximate surface area is 63.5 Å². The molecule has 0 bridgehead atoms. The summed E-state index contributed by atoms with van der Waals surface area (Å²) >= 11 is 1.64. The molecule has 0 saturated heterocycles. The molecule has 10 heavy (non-hydrogen) atoms. The third-order valence-electron chi connectivity index (χ3n) is 0.958. The van der Waals surface area contributed by atoms with Crippen molar-refractivity contribution in [2.24, 2.45) is 0 Å². The average Bonchev–Trinajstić information content (AvgIpc) is 2.37. The van der Waals surface area contributed by atoms with Crippen molar-refractivity contribution in [3.8, 4) is 6.07 Å². The largest absolute Gasteiger partial charge is 0.325 e. The van der Waals surface area contributed by atoms with Crippen LogP contribution in [0.25, 0.3) is 0 Å². The summed E-state index contributed by atoms with van der Waals surface area (Å²) < 4.78 is 0. The number of nitriles is 1. The highest BCUT2D eigenvalue weighted by molar-refractivity contribution is 7.99. The Morgan fingerprint density at radius 3 is 3.20 bits per heavy atom. The van der Waals surface area contributed by atoms with Crippen LogP contribution < -0.4 is 0 Å². The van der Waals surface area contributed by atoms with E-state index >= 15 is 0 Å². The molecule has 0 aliphatic carbocycles. The number of aromatic nitrogens is 2. The van der Waals surface area contributed by atoms with Crippen molar-refractivity contribution in [1.29, 1.82) is 5.26 Å². The molecule has 0 spiro atoms. The summed E-state index contributed by atoms with van der Waals surface area (Å²) in [6.45, 7) is 2.05. The third kappa shape index (κ3) is 1.52. The van der Waals surface area contributed by atoms with Crippen molar-refractivity contribution in [2.75, 3.05) is 5.75 Å². The Morgan fingerprint density at radius 2 is 2.70 bits per heavy atom. The predicted molar refractivity (Wildman–Crippen MR) is 39.7 cm³/mol. The van der Waals surface area contributed by atoms with Crippen LogP contribution in [-0.4, -0.2) is 15.7 Å². The lowest BCUT2D eigenvalue weighted by Gasteiger charge is -1.86. The summed E-state index contributed by atoms with van der Waals surface area (Å²) in [6.07, 6.45) is 1.67. The van der Waals surface area contributed by atoms with Crippen LogP contribution in [-0.2, 0) is 0 Å². The van der Waals surface area contributed by atoms with Crippen molar-refractivity contribution in [3.63, 3.8) is 0 Å². The molecule has 0 unspecified atom stereocenters. The second-order valence-corrected chi connectivity index (χ2v) is 2.95.